The highest BCUT2D eigenvalue weighted by Crippen LogP contribution is 2.18. The summed E-state index contributed by atoms with van der Waals surface area (Å²) in [5, 5.41) is 3.90. The van der Waals surface area contributed by atoms with E-state index in [4.69, 9.17) is 5.73 Å². The van der Waals surface area contributed by atoms with Gasteiger partial charge in [-0.2, -0.15) is 9.78 Å². The third-order valence-corrected chi connectivity index (χ3v) is 2.10. The van der Waals surface area contributed by atoms with Gasteiger partial charge in [-0.05, 0) is 6.92 Å². The Balaban J connectivity index is 0.00000162. The topological polar surface area (TPSA) is 82.5 Å². The second kappa shape index (κ2) is 5.78. The summed E-state index contributed by atoms with van der Waals surface area (Å²) >= 11 is 0. The lowest BCUT2D eigenvalue weighted by Crippen LogP contribution is -2.14. The molecule has 0 aliphatic carbocycles. The highest BCUT2D eigenvalue weighted by molar-refractivity contribution is 5.85. The first-order chi connectivity index (χ1) is 8.09. The monoisotopic (exact) mass is 276 g/mol. The normalized spacial score (nSPS) is 12.3. The zero-order valence-electron chi connectivity index (χ0n) is 9.36. The van der Waals surface area contributed by atoms with Crippen molar-refractivity contribution in [2.75, 3.05) is 0 Å². The lowest BCUT2D eigenvalue weighted by Gasteiger charge is -2.08. The summed E-state index contributed by atoms with van der Waals surface area (Å²) in [7, 11) is 0. The second-order valence-electron chi connectivity index (χ2n) is 3.42. The summed E-state index contributed by atoms with van der Waals surface area (Å²) in [5.41, 5.74) is 5.32. The van der Waals surface area contributed by atoms with Crippen LogP contribution in [0.15, 0.2) is 18.7 Å². The molecule has 0 saturated heterocycles. The molecule has 0 fully saturated rings. The maximum absolute atomic E-state index is 12.5. The van der Waals surface area contributed by atoms with E-state index in [2.05, 4.69) is 20.1 Å². The van der Waals surface area contributed by atoms with Crippen LogP contribution < -0.4 is 5.73 Å². The predicted octanol–water partition coefficient (Wildman–Crippen LogP) is 1.44. The lowest BCUT2D eigenvalue weighted by atomic mass is 10.3. The average molecular weight is 277 g/mol. The summed E-state index contributed by atoms with van der Waals surface area (Å²) in [6, 6.07) is 0.785. The number of halogens is 3. The van der Waals surface area contributed by atoms with Gasteiger partial charge in [-0.25, -0.2) is 23.7 Å². The molecule has 6 nitrogen and oxygen atoms in total. The lowest BCUT2D eigenvalue weighted by molar-refractivity contribution is 0.146. The molecule has 2 rings (SSSR count). The van der Waals surface area contributed by atoms with Gasteiger partial charge in [0.25, 0.3) is 6.43 Å². The molecule has 0 radical (unpaired) electrons. The first kappa shape index (κ1) is 14.4. The van der Waals surface area contributed by atoms with E-state index in [-0.39, 0.29) is 30.0 Å². The maximum Gasteiger partial charge on any atom is 0.280 e. The fraction of sp³-hybridized carbons (Fsp3) is 0.333. The van der Waals surface area contributed by atoms with E-state index in [0.29, 0.717) is 5.82 Å². The van der Waals surface area contributed by atoms with E-state index in [9.17, 15) is 8.78 Å². The maximum atomic E-state index is 12.5. The van der Waals surface area contributed by atoms with Crippen LogP contribution in [0.4, 0.5) is 8.78 Å². The van der Waals surface area contributed by atoms with Gasteiger partial charge in [0.05, 0.1) is 6.04 Å². The number of aromatic nitrogens is 5. The molecule has 9 heteroatoms. The zero-order valence-corrected chi connectivity index (χ0v) is 10.2. The van der Waals surface area contributed by atoms with E-state index >= 15 is 0 Å². The fourth-order valence-corrected chi connectivity index (χ4v) is 1.33. The second-order valence-corrected chi connectivity index (χ2v) is 3.42. The van der Waals surface area contributed by atoms with Crippen molar-refractivity contribution in [1.82, 2.24) is 24.7 Å². The summed E-state index contributed by atoms with van der Waals surface area (Å²) < 4.78 is 26.3. The molecule has 2 N–H and O–H groups in total. The molecule has 2 aromatic rings. The molecule has 1 atom stereocenters. The van der Waals surface area contributed by atoms with Gasteiger partial charge < -0.3 is 5.73 Å². The van der Waals surface area contributed by atoms with Crippen molar-refractivity contribution in [3.63, 3.8) is 0 Å². The first-order valence-electron chi connectivity index (χ1n) is 4.85. The standard InChI is InChI=1S/C9H10F2N6.ClH/c1-5(12)9-15-4-16-17(9)7-2-6(8(10)11)13-3-14-7;/h2-5,8H,12H2,1H3;1H/t5-;/m0./s1. The Labute approximate surface area is 108 Å². The highest BCUT2D eigenvalue weighted by atomic mass is 35.5. The van der Waals surface area contributed by atoms with Crippen molar-refractivity contribution < 1.29 is 8.78 Å². The van der Waals surface area contributed by atoms with Gasteiger partial charge in [0.15, 0.2) is 11.6 Å². The van der Waals surface area contributed by atoms with Crippen molar-refractivity contribution in [1.29, 1.82) is 0 Å². The van der Waals surface area contributed by atoms with Crippen LogP contribution >= 0.6 is 12.4 Å². The van der Waals surface area contributed by atoms with E-state index in [1.165, 1.54) is 11.0 Å². The number of nitrogens with zero attached hydrogens (tertiary/aromatic N) is 5. The van der Waals surface area contributed by atoms with Crippen LogP contribution in [-0.4, -0.2) is 24.7 Å². The summed E-state index contributed by atoms with van der Waals surface area (Å²) in [6.07, 6.45) is -0.300. The minimum atomic E-state index is -2.65. The zero-order chi connectivity index (χ0) is 12.4. The number of alkyl halides is 2. The van der Waals surface area contributed by atoms with Crippen molar-refractivity contribution in [3.05, 3.63) is 30.2 Å². The number of hydrogen-bond donors (Lipinski definition) is 1. The molecule has 0 aliphatic heterocycles. The molecule has 98 valence electrons. The molecular formula is C9H11ClF2N6. The average Bonchev–Trinajstić information content (AvgIpc) is 2.78. The van der Waals surface area contributed by atoms with E-state index in [1.54, 1.807) is 6.92 Å². The Bertz CT molecular complexity index is 515. The molecule has 2 aromatic heterocycles. The van der Waals surface area contributed by atoms with Crippen molar-refractivity contribution >= 4 is 12.4 Å². The first-order valence-corrected chi connectivity index (χ1v) is 4.85. The van der Waals surface area contributed by atoms with Crippen molar-refractivity contribution in [2.24, 2.45) is 5.73 Å². The third kappa shape index (κ3) is 2.77. The van der Waals surface area contributed by atoms with Gasteiger partial charge in [0, 0.05) is 6.07 Å². The van der Waals surface area contributed by atoms with Crippen LogP contribution in [-0.2, 0) is 0 Å². The van der Waals surface area contributed by atoms with Gasteiger partial charge in [-0.3, -0.25) is 0 Å². The van der Waals surface area contributed by atoms with Gasteiger partial charge in [-0.1, -0.05) is 0 Å². The van der Waals surface area contributed by atoms with Crippen LogP contribution in [0.5, 0.6) is 0 Å². The Hall–Kier alpha value is -1.67. The van der Waals surface area contributed by atoms with Gasteiger partial charge in [0.2, 0.25) is 0 Å². The Morgan fingerprint density at radius 1 is 1.22 bits per heavy atom. The van der Waals surface area contributed by atoms with Crippen molar-refractivity contribution in [3.8, 4) is 5.82 Å². The van der Waals surface area contributed by atoms with Crippen LogP contribution in [0, 0.1) is 0 Å². The largest absolute Gasteiger partial charge is 0.322 e. The Kier molecular flexibility index (Phi) is 4.62. The fourth-order valence-electron chi connectivity index (χ4n) is 1.33. The molecule has 0 spiro atoms. The third-order valence-electron chi connectivity index (χ3n) is 2.10. The quantitative estimate of drug-likeness (QED) is 0.917. The molecule has 0 saturated carbocycles. The van der Waals surface area contributed by atoms with Crippen molar-refractivity contribution in [2.45, 2.75) is 19.4 Å². The Morgan fingerprint density at radius 2 is 1.94 bits per heavy atom. The minimum absolute atomic E-state index is 0. The van der Waals surface area contributed by atoms with E-state index < -0.39 is 6.43 Å². The van der Waals surface area contributed by atoms with E-state index in [0.717, 1.165) is 12.4 Å². The predicted molar refractivity (Wildman–Crippen MR) is 61.8 cm³/mol. The van der Waals surface area contributed by atoms with Crippen LogP contribution in [0.1, 0.15) is 30.9 Å². The SMILES string of the molecule is C[C@H](N)c1ncnn1-c1cc(C(F)F)ncn1.Cl. The van der Waals surface area contributed by atoms with Gasteiger partial charge >= 0.3 is 0 Å². The molecule has 0 amide bonds. The molecule has 0 unspecified atom stereocenters. The van der Waals surface area contributed by atoms with Gasteiger partial charge in [-0.15, -0.1) is 12.4 Å². The number of nitrogens with two attached hydrogens (primary N) is 1. The molecule has 2 heterocycles. The number of rotatable bonds is 3. The molecule has 0 aliphatic rings. The summed E-state index contributed by atoms with van der Waals surface area (Å²) in [5.74, 6) is 0.670. The van der Waals surface area contributed by atoms with Crippen LogP contribution in [0.25, 0.3) is 5.82 Å². The minimum Gasteiger partial charge on any atom is -0.322 e. The number of hydrogen-bond acceptors (Lipinski definition) is 5. The molecule has 18 heavy (non-hydrogen) atoms. The smallest absolute Gasteiger partial charge is 0.280 e. The highest BCUT2D eigenvalue weighted by Gasteiger charge is 2.15. The molecular weight excluding hydrogens is 266 g/mol. The Morgan fingerprint density at radius 3 is 2.56 bits per heavy atom. The molecule has 0 bridgehead atoms. The summed E-state index contributed by atoms with van der Waals surface area (Å²) in [4.78, 5) is 11.3. The van der Waals surface area contributed by atoms with Crippen LogP contribution in [0.2, 0.25) is 0 Å². The van der Waals surface area contributed by atoms with Crippen LogP contribution in [0.3, 0.4) is 0 Å². The van der Waals surface area contributed by atoms with Gasteiger partial charge in [0.1, 0.15) is 18.3 Å². The van der Waals surface area contributed by atoms with E-state index in [1.807, 2.05) is 0 Å². The molecule has 0 aromatic carbocycles. The summed E-state index contributed by atoms with van der Waals surface area (Å²) in [6.45, 7) is 1.72.